The number of pyridine rings is 1. The lowest BCUT2D eigenvalue weighted by Gasteiger charge is -2.35. The van der Waals surface area contributed by atoms with E-state index in [-0.39, 0.29) is 5.91 Å². The fourth-order valence-electron chi connectivity index (χ4n) is 3.80. The van der Waals surface area contributed by atoms with Crippen LogP contribution in [-0.2, 0) is 0 Å². The molecule has 1 saturated heterocycles. The molecule has 2 aromatic carbocycles. The van der Waals surface area contributed by atoms with Crippen LogP contribution in [0.5, 0.6) is 11.5 Å². The first-order valence-electron chi connectivity index (χ1n) is 10.9. The second-order valence-corrected chi connectivity index (χ2v) is 7.68. The molecule has 0 bridgehead atoms. The summed E-state index contributed by atoms with van der Waals surface area (Å²) in [4.78, 5) is 21.6. The molecule has 1 aliphatic heterocycles. The Labute approximate surface area is 192 Å². The predicted molar refractivity (Wildman–Crippen MR) is 126 cm³/mol. The van der Waals surface area contributed by atoms with E-state index in [9.17, 15) is 4.79 Å². The standard InChI is InChI=1S/C26H23N5O2/c32-26(21-10-4-5-12-24(21)33-20-8-2-1-3-9-20)31-18-16-30(17-19-31)25-14-13-23(28-29-25)22-11-6-7-15-27-22/h1-15H,16-19H2. The predicted octanol–water partition coefficient (Wildman–Crippen LogP) is 4.29. The van der Waals surface area contributed by atoms with Gasteiger partial charge in [-0.05, 0) is 48.5 Å². The van der Waals surface area contributed by atoms with Crippen molar-refractivity contribution in [3.8, 4) is 22.9 Å². The van der Waals surface area contributed by atoms with Gasteiger partial charge in [-0.15, -0.1) is 10.2 Å². The lowest BCUT2D eigenvalue weighted by Crippen LogP contribution is -2.49. The first-order chi connectivity index (χ1) is 16.3. The zero-order valence-electron chi connectivity index (χ0n) is 18.0. The van der Waals surface area contributed by atoms with Crippen LogP contribution in [0.2, 0.25) is 0 Å². The number of nitrogens with zero attached hydrogens (tertiary/aromatic N) is 5. The van der Waals surface area contributed by atoms with Gasteiger partial charge < -0.3 is 14.5 Å². The number of carbonyl (C=O) groups excluding carboxylic acids is 1. The van der Waals surface area contributed by atoms with Gasteiger partial charge in [0.1, 0.15) is 17.2 Å². The van der Waals surface area contributed by atoms with E-state index in [1.807, 2.05) is 89.8 Å². The number of piperazine rings is 1. The molecule has 0 unspecified atom stereocenters. The van der Waals surface area contributed by atoms with Gasteiger partial charge in [-0.1, -0.05) is 36.4 Å². The second-order valence-electron chi connectivity index (χ2n) is 7.68. The minimum Gasteiger partial charge on any atom is -0.457 e. The molecule has 0 saturated carbocycles. The fourth-order valence-corrected chi connectivity index (χ4v) is 3.80. The minimum absolute atomic E-state index is 0.0298. The Morgan fingerprint density at radius 1 is 0.727 bits per heavy atom. The molecule has 164 valence electrons. The first-order valence-corrected chi connectivity index (χ1v) is 10.9. The van der Waals surface area contributed by atoms with E-state index in [0.717, 1.165) is 17.2 Å². The van der Waals surface area contributed by atoms with E-state index >= 15 is 0 Å². The molecule has 0 N–H and O–H groups in total. The molecule has 0 spiro atoms. The number of aromatic nitrogens is 3. The highest BCUT2D eigenvalue weighted by atomic mass is 16.5. The summed E-state index contributed by atoms with van der Waals surface area (Å²) < 4.78 is 5.98. The van der Waals surface area contributed by atoms with Crippen LogP contribution in [0.25, 0.3) is 11.4 Å². The molecule has 2 aromatic heterocycles. The van der Waals surface area contributed by atoms with Crippen molar-refractivity contribution < 1.29 is 9.53 Å². The lowest BCUT2D eigenvalue weighted by molar-refractivity contribution is 0.0744. The average Bonchev–Trinajstić information content (AvgIpc) is 2.90. The van der Waals surface area contributed by atoms with Crippen LogP contribution < -0.4 is 9.64 Å². The Bertz CT molecular complexity index is 1210. The zero-order valence-corrected chi connectivity index (χ0v) is 18.0. The average molecular weight is 438 g/mol. The van der Waals surface area contributed by atoms with Crippen molar-refractivity contribution in [2.45, 2.75) is 0 Å². The van der Waals surface area contributed by atoms with Crippen LogP contribution in [-0.4, -0.2) is 52.2 Å². The maximum atomic E-state index is 13.2. The Morgan fingerprint density at radius 3 is 2.21 bits per heavy atom. The van der Waals surface area contributed by atoms with Gasteiger partial charge in [0.15, 0.2) is 5.82 Å². The summed E-state index contributed by atoms with van der Waals surface area (Å²) in [6, 6.07) is 26.5. The van der Waals surface area contributed by atoms with E-state index in [2.05, 4.69) is 20.1 Å². The van der Waals surface area contributed by atoms with Gasteiger partial charge in [-0.2, -0.15) is 0 Å². The van der Waals surface area contributed by atoms with Crippen molar-refractivity contribution >= 4 is 11.7 Å². The highest BCUT2D eigenvalue weighted by Crippen LogP contribution is 2.27. The summed E-state index contributed by atoms with van der Waals surface area (Å²) in [5.74, 6) is 2.04. The van der Waals surface area contributed by atoms with Crippen molar-refractivity contribution in [2.24, 2.45) is 0 Å². The summed E-state index contributed by atoms with van der Waals surface area (Å²) in [6.45, 7) is 2.57. The van der Waals surface area contributed by atoms with Crippen molar-refractivity contribution in [2.75, 3.05) is 31.1 Å². The van der Waals surface area contributed by atoms with E-state index < -0.39 is 0 Å². The minimum atomic E-state index is -0.0298. The van der Waals surface area contributed by atoms with Crippen molar-refractivity contribution in [3.63, 3.8) is 0 Å². The monoisotopic (exact) mass is 437 g/mol. The maximum Gasteiger partial charge on any atom is 0.257 e. The van der Waals surface area contributed by atoms with E-state index in [1.165, 1.54) is 0 Å². The Morgan fingerprint density at radius 2 is 1.48 bits per heavy atom. The first kappa shape index (κ1) is 20.6. The highest BCUT2D eigenvalue weighted by molar-refractivity contribution is 5.97. The highest BCUT2D eigenvalue weighted by Gasteiger charge is 2.25. The molecule has 7 nitrogen and oxygen atoms in total. The molecule has 3 heterocycles. The Balaban J connectivity index is 1.24. The van der Waals surface area contributed by atoms with Crippen LogP contribution in [0.15, 0.2) is 91.1 Å². The van der Waals surface area contributed by atoms with Crippen LogP contribution in [0.1, 0.15) is 10.4 Å². The van der Waals surface area contributed by atoms with Gasteiger partial charge >= 0.3 is 0 Å². The molecule has 5 rings (SSSR count). The quantitative estimate of drug-likeness (QED) is 0.464. The SMILES string of the molecule is O=C(c1ccccc1Oc1ccccc1)N1CCN(c2ccc(-c3ccccn3)nn2)CC1. The fraction of sp³-hybridized carbons (Fsp3) is 0.154. The molecular formula is C26H23N5O2. The number of ether oxygens (including phenoxy) is 1. The van der Waals surface area contributed by atoms with Gasteiger partial charge in [-0.3, -0.25) is 9.78 Å². The van der Waals surface area contributed by atoms with Crippen molar-refractivity contribution in [1.82, 2.24) is 20.1 Å². The lowest BCUT2D eigenvalue weighted by atomic mass is 10.1. The van der Waals surface area contributed by atoms with Gasteiger partial charge in [0, 0.05) is 32.4 Å². The molecule has 33 heavy (non-hydrogen) atoms. The van der Waals surface area contributed by atoms with Gasteiger partial charge in [0.25, 0.3) is 5.91 Å². The van der Waals surface area contributed by atoms with Gasteiger partial charge in [-0.25, -0.2) is 0 Å². The van der Waals surface area contributed by atoms with Crippen molar-refractivity contribution in [3.05, 3.63) is 96.7 Å². The number of amides is 1. The Kier molecular flexibility index (Phi) is 5.93. The van der Waals surface area contributed by atoms with Crippen LogP contribution in [0.4, 0.5) is 5.82 Å². The number of rotatable bonds is 5. The van der Waals surface area contributed by atoms with Crippen LogP contribution >= 0.6 is 0 Å². The maximum absolute atomic E-state index is 13.2. The third kappa shape index (κ3) is 4.67. The molecule has 7 heteroatoms. The third-order valence-corrected chi connectivity index (χ3v) is 5.56. The van der Waals surface area contributed by atoms with E-state index in [1.54, 1.807) is 6.20 Å². The third-order valence-electron chi connectivity index (χ3n) is 5.56. The van der Waals surface area contributed by atoms with E-state index in [0.29, 0.717) is 43.2 Å². The molecule has 1 aliphatic rings. The van der Waals surface area contributed by atoms with Crippen LogP contribution in [0, 0.1) is 0 Å². The molecule has 1 fully saturated rings. The number of benzene rings is 2. The molecular weight excluding hydrogens is 414 g/mol. The van der Waals surface area contributed by atoms with Gasteiger partial charge in [0.05, 0.1) is 11.3 Å². The number of hydrogen-bond acceptors (Lipinski definition) is 6. The van der Waals surface area contributed by atoms with Crippen molar-refractivity contribution in [1.29, 1.82) is 0 Å². The molecule has 0 atom stereocenters. The summed E-state index contributed by atoms with van der Waals surface area (Å²) >= 11 is 0. The summed E-state index contributed by atoms with van der Waals surface area (Å²) in [7, 11) is 0. The molecule has 0 radical (unpaired) electrons. The largest absolute Gasteiger partial charge is 0.457 e. The second kappa shape index (κ2) is 9.48. The number of para-hydroxylation sites is 2. The molecule has 4 aromatic rings. The normalized spacial score (nSPS) is 13.6. The number of carbonyl (C=O) groups is 1. The molecule has 0 aliphatic carbocycles. The summed E-state index contributed by atoms with van der Waals surface area (Å²) in [5, 5.41) is 8.71. The number of hydrogen-bond donors (Lipinski definition) is 0. The van der Waals surface area contributed by atoms with Crippen LogP contribution in [0.3, 0.4) is 0 Å². The topological polar surface area (TPSA) is 71.5 Å². The zero-order chi connectivity index (χ0) is 22.5. The number of anilines is 1. The smallest absolute Gasteiger partial charge is 0.257 e. The summed E-state index contributed by atoms with van der Waals surface area (Å²) in [5.41, 5.74) is 2.10. The van der Waals surface area contributed by atoms with E-state index in [4.69, 9.17) is 4.74 Å². The molecule has 1 amide bonds. The Hall–Kier alpha value is -4.26. The van der Waals surface area contributed by atoms with Gasteiger partial charge in [0.2, 0.25) is 0 Å². The summed E-state index contributed by atoms with van der Waals surface area (Å²) in [6.07, 6.45) is 1.74.